The highest BCUT2D eigenvalue weighted by molar-refractivity contribution is 5.90. The second-order valence-electron chi connectivity index (χ2n) is 4.80. The Morgan fingerprint density at radius 3 is 2.94 bits per heavy atom. The SMILES string of the molecule is Cc1ccccc1NC(=O)NCC1CCCCN1. The first-order valence-corrected chi connectivity index (χ1v) is 6.59. The standard InChI is InChI=1S/C14H21N3O/c1-11-6-2-3-8-13(11)17-14(18)16-10-12-7-4-5-9-15-12/h2-3,6,8,12,15H,4-5,7,9-10H2,1H3,(H2,16,17,18). The number of hydrogen-bond acceptors (Lipinski definition) is 2. The number of nitrogens with one attached hydrogen (secondary N) is 3. The van der Waals surface area contributed by atoms with E-state index < -0.39 is 0 Å². The predicted molar refractivity (Wildman–Crippen MR) is 73.8 cm³/mol. The molecule has 1 aromatic carbocycles. The maximum absolute atomic E-state index is 11.8. The lowest BCUT2D eigenvalue weighted by Crippen LogP contribution is -2.44. The van der Waals surface area contributed by atoms with E-state index in [-0.39, 0.29) is 6.03 Å². The van der Waals surface area contributed by atoms with Crippen molar-refractivity contribution in [2.45, 2.75) is 32.2 Å². The highest BCUT2D eigenvalue weighted by Gasteiger charge is 2.13. The van der Waals surface area contributed by atoms with Crippen molar-refractivity contribution in [3.8, 4) is 0 Å². The van der Waals surface area contributed by atoms with Gasteiger partial charge < -0.3 is 16.0 Å². The summed E-state index contributed by atoms with van der Waals surface area (Å²) in [6.45, 7) is 3.74. The molecule has 4 nitrogen and oxygen atoms in total. The summed E-state index contributed by atoms with van der Waals surface area (Å²) in [6, 6.07) is 8.07. The maximum Gasteiger partial charge on any atom is 0.319 e. The normalized spacial score (nSPS) is 19.3. The van der Waals surface area contributed by atoms with Gasteiger partial charge in [-0.25, -0.2) is 4.79 Å². The predicted octanol–water partition coefficient (Wildman–Crippen LogP) is 2.26. The van der Waals surface area contributed by atoms with E-state index in [4.69, 9.17) is 0 Å². The van der Waals surface area contributed by atoms with Crippen LogP contribution in [0.25, 0.3) is 0 Å². The Bertz CT molecular complexity index is 400. The van der Waals surface area contributed by atoms with Crippen molar-refractivity contribution in [3.63, 3.8) is 0 Å². The largest absolute Gasteiger partial charge is 0.336 e. The number of carbonyl (C=O) groups is 1. The van der Waals surface area contributed by atoms with Crippen molar-refractivity contribution in [1.29, 1.82) is 0 Å². The minimum Gasteiger partial charge on any atom is -0.336 e. The number of hydrogen-bond donors (Lipinski definition) is 3. The van der Waals surface area contributed by atoms with E-state index in [2.05, 4.69) is 16.0 Å². The van der Waals surface area contributed by atoms with Gasteiger partial charge in [-0.3, -0.25) is 0 Å². The second-order valence-corrected chi connectivity index (χ2v) is 4.80. The molecule has 1 aliphatic heterocycles. The molecule has 1 aliphatic rings. The first kappa shape index (κ1) is 12.9. The van der Waals surface area contributed by atoms with E-state index in [1.165, 1.54) is 12.8 Å². The first-order chi connectivity index (χ1) is 8.75. The van der Waals surface area contributed by atoms with Gasteiger partial charge in [-0.2, -0.15) is 0 Å². The van der Waals surface area contributed by atoms with Gasteiger partial charge in [0.1, 0.15) is 0 Å². The molecule has 18 heavy (non-hydrogen) atoms. The van der Waals surface area contributed by atoms with Gasteiger partial charge in [0, 0.05) is 18.3 Å². The molecule has 2 amide bonds. The summed E-state index contributed by atoms with van der Waals surface area (Å²) in [5.41, 5.74) is 1.94. The molecule has 1 fully saturated rings. The van der Waals surface area contributed by atoms with Gasteiger partial charge in [0.2, 0.25) is 0 Å². The minimum atomic E-state index is -0.128. The number of urea groups is 1. The van der Waals surface area contributed by atoms with Gasteiger partial charge in [-0.1, -0.05) is 24.6 Å². The summed E-state index contributed by atoms with van der Waals surface area (Å²) in [7, 11) is 0. The van der Waals surface area contributed by atoms with Crippen LogP contribution in [-0.4, -0.2) is 25.2 Å². The van der Waals surface area contributed by atoms with Crippen molar-refractivity contribution in [1.82, 2.24) is 10.6 Å². The molecule has 4 heteroatoms. The Balaban J connectivity index is 1.76. The zero-order valence-corrected chi connectivity index (χ0v) is 10.8. The molecule has 0 aromatic heterocycles. The third kappa shape index (κ3) is 3.74. The summed E-state index contributed by atoms with van der Waals surface area (Å²) in [5, 5.41) is 9.19. The van der Waals surface area contributed by atoms with Gasteiger partial charge in [-0.05, 0) is 37.9 Å². The van der Waals surface area contributed by atoms with Gasteiger partial charge >= 0.3 is 6.03 Å². The van der Waals surface area contributed by atoms with Crippen LogP contribution in [0.3, 0.4) is 0 Å². The molecule has 1 saturated heterocycles. The topological polar surface area (TPSA) is 53.2 Å². The molecular formula is C14H21N3O. The molecular weight excluding hydrogens is 226 g/mol. The highest BCUT2D eigenvalue weighted by atomic mass is 16.2. The average molecular weight is 247 g/mol. The van der Waals surface area contributed by atoms with E-state index in [1.54, 1.807) is 0 Å². The van der Waals surface area contributed by atoms with Crippen LogP contribution in [0.4, 0.5) is 10.5 Å². The number of amides is 2. The Morgan fingerprint density at radius 1 is 1.39 bits per heavy atom. The lowest BCUT2D eigenvalue weighted by molar-refractivity contribution is 0.249. The van der Waals surface area contributed by atoms with Crippen LogP contribution < -0.4 is 16.0 Å². The number of aryl methyl sites for hydroxylation is 1. The number of anilines is 1. The van der Waals surface area contributed by atoms with Crippen LogP contribution in [0.1, 0.15) is 24.8 Å². The van der Waals surface area contributed by atoms with E-state index in [0.29, 0.717) is 12.6 Å². The second kappa shape index (κ2) is 6.40. The number of piperidine rings is 1. The van der Waals surface area contributed by atoms with E-state index in [9.17, 15) is 4.79 Å². The third-order valence-electron chi connectivity index (χ3n) is 3.31. The lowest BCUT2D eigenvalue weighted by Gasteiger charge is -2.23. The minimum absolute atomic E-state index is 0.128. The Morgan fingerprint density at radius 2 is 2.22 bits per heavy atom. The maximum atomic E-state index is 11.8. The molecule has 0 aliphatic carbocycles. The number of para-hydroxylation sites is 1. The van der Waals surface area contributed by atoms with Crippen molar-refractivity contribution in [2.24, 2.45) is 0 Å². The highest BCUT2D eigenvalue weighted by Crippen LogP contribution is 2.12. The number of rotatable bonds is 3. The van der Waals surface area contributed by atoms with Crippen molar-refractivity contribution in [2.75, 3.05) is 18.4 Å². The summed E-state index contributed by atoms with van der Waals surface area (Å²) >= 11 is 0. The van der Waals surface area contributed by atoms with Crippen LogP contribution in [0.15, 0.2) is 24.3 Å². The molecule has 0 bridgehead atoms. The third-order valence-corrected chi connectivity index (χ3v) is 3.31. The van der Waals surface area contributed by atoms with Gasteiger partial charge in [0.15, 0.2) is 0 Å². The fourth-order valence-corrected chi connectivity index (χ4v) is 2.19. The van der Waals surface area contributed by atoms with Gasteiger partial charge in [0.05, 0.1) is 0 Å². The molecule has 98 valence electrons. The lowest BCUT2D eigenvalue weighted by atomic mass is 10.1. The monoisotopic (exact) mass is 247 g/mol. The molecule has 0 radical (unpaired) electrons. The number of carbonyl (C=O) groups excluding carboxylic acids is 1. The first-order valence-electron chi connectivity index (χ1n) is 6.59. The zero-order valence-electron chi connectivity index (χ0n) is 10.8. The summed E-state index contributed by atoms with van der Waals surface area (Å²) < 4.78 is 0. The molecule has 1 atom stereocenters. The quantitative estimate of drug-likeness (QED) is 0.767. The van der Waals surface area contributed by atoms with Crippen LogP contribution in [-0.2, 0) is 0 Å². The van der Waals surface area contributed by atoms with Gasteiger partial charge in [0.25, 0.3) is 0 Å². The Hall–Kier alpha value is -1.55. The van der Waals surface area contributed by atoms with Crippen molar-refractivity contribution >= 4 is 11.7 Å². The fraction of sp³-hybridized carbons (Fsp3) is 0.500. The average Bonchev–Trinajstić information content (AvgIpc) is 2.40. The van der Waals surface area contributed by atoms with Crippen LogP contribution in [0.5, 0.6) is 0 Å². The zero-order chi connectivity index (χ0) is 12.8. The van der Waals surface area contributed by atoms with E-state index in [1.807, 2.05) is 31.2 Å². The van der Waals surface area contributed by atoms with Crippen LogP contribution in [0, 0.1) is 6.92 Å². The van der Waals surface area contributed by atoms with Crippen molar-refractivity contribution in [3.05, 3.63) is 29.8 Å². The Kier molecular flexibility index (Phi) is 4.59. The molecule has 1 heterocycles. The fourth-order valence-electron chi connectivity index (χ4n) is 2.19. The van der Waals surface area contributed by atoms with Gasteiger partial charge in [-0.15, -0.1) is 0 Å². The van der Waals surface area contributed by atoms with E-state index >= 15 is 0 Å². The Labute approximate surface area is 108 Å². The van der Waals surface area contributed by atoms with E-state index in [0.717, 1.165) is 24.2 Å². The molecule has 0 spiro atoms. The summed E-state index contributed by atoms with van der Waals surface area (Å²) in [5.74, 6) is 0. The van der Waals surface area contributed by atoms with Crippen LogP contribution >= 0.6 is 0 Å². The molecule has 1 aromatic rings. The summed E-state index contributed by atoms with van der Waals surface area (Å²) in [6.07, 6.45) is 3.63. The smallest absolute Gasteiger partial charge is 0.319 e. The summed E-state index contributed by atoms with van der Waals surface area (Å²) in [4.78, 5) is 11.8. The molecule has 1 unspecified atom stereocenters. The van der Waals surface area contributed by atoms with Crippen molar-refractivity contribution < 1.29 is 4.79 Å². The molecule has 3 N–H and O–H groups in total. The molecule has 2 rings (SSSR count). The van der Waals surface area contributed by atoms with Crippen LogP contribution in [0.2, 0.25) is 0 Å². The number of benzene rings is 1. The molecule has 0 saturated carbocycles.